The van der Waals surface area contributed by atoms with Gasteiger partial charge in [0.15, 0.2) is 23.4 Å². The summed E-state index contributed by atoms with van der Waals surface area (Å²) in [6.07, 6.45) is 5.75. The van der Waals surface area contributed by atoms with E-state index in [4.69, 9.17) is 28.6 Å². The number of fused-ring (bicyclic) bond motifs is 7. The summed E-state index contributed by atoms with van der Waals surface area (Å²) in [6, 6.07) is 16.5. The minimum atomic E-state index is -1.28. The number of benzene rings is 3. The molecule has 5 aromatic rings. The molecule has 1 aliphatic carbocycles. The molecular formula is C40H31N5O7. The first-order chi connectivity index (χ1) is 25.2. The van der Waals surface area contributed by atoms with Gasteiger partial charge in [0.25, 0.3) is 0 Å². The van der Waals surface area contributed by atoms with Crippen molar-refractivity contribution in [2.75, 3.05) is 5.32 Å². The Balaban J connectivity index is 1.26. The molecule has 4 N–H and O–H groups in total. The molecule has 12 heteroatoms. The number of carboxylic acid groups (broad SMARTS) is 1. The van der Waals surface area contributed by atoms with E-state index in [1.807, 2.05) is 32.0 Å². The van der Waals surface area contributed by atoms with Gasteiger partial charge in [0, 0.05) is 46.5 Å². The third kappa shape index (κ3) is 4.17. The number of nitrogens with one attached hydrogen (secondary N) is 3. The number of carbonyl (C=O) groups excluding carboxylic acids is 2. The number of amides is 2. The Labute approximate surface area is 296 Å². The summed E-state index contributed by atoms with van der Waals surface area (Å²) in [7, 11) is 0. The summed E-state index contributed by atoms with van der Waals surface area (Å²) in [6.45, 7) is 3.88. The number of aliphatic carboxylic acids is 1. The zero-order chi connectivity index (χ0) is 35.5. The summed E-state index contributed by atoms with van der Waals surface area (Å²) in [5.74, 6) is -0.447. The highest BCUT2D eigenvalue weighted by atomic mass is 16.5. The van der Waals surface area contributed by atoms with Crippen LogP contribution in [0, 0.1) is 5.92 Å². The van der Waals surface area contributed by atoms with Gasteiger partial charge in [0.1, 0.15) is 23.2 Å². The molecule has 2 unspecified atom stereocenters. The minimum Gasteiger partial charge on any atom is -0.478 e. The first kappa shape index (κ1) is 30.4. The molecule has 0 fully saturated rings. The fourth-order valence-corrected chi connectivity index (χ4v) is 8.47. The second kappa shape index (κ2) is 10.8. The fraction of sp³-hybridized carbons (Fsp3) is 0.225. The van der Waals surface area contributed by atoms with Gasteiger partial charge in [-0.15, -0.1) is 0 Å². The average Bonchev–Trinajstić information content (AvgIpc) is 3.95. The van der Waals surface area contributed by atoms with Crippen LogP contribution in [0.2, 0.25) is 0 Å². The Kier molecular flexibility index (Phi) is 6.31. The number of allylic oxidation sites excluding steroid dienone is 1. The van der Waals surface area contributed by atoms with Crippen molar-refractivity contribution in [3.05, 3.63) is 124 Å². The highest BCUT2D eigenvalue weighted by Crippen LogP contribution is 2.61. The van der Waals surface area contributed by atoms with Crippen LogP contribution in [-0.4, -0.2) is 45.1 Å². The first-order valence-corrected chi connectivity index (χ1v) is 17.2. The molecule has 4 aliphatic heterocycles. The second-order valence-electron chi connectivity index (χ2n) is 14.1. The van der Waals surface area contributed by atoms with Crippen molar-refractivity contribution in [3.8, 4) is 28.5 Å². The molecule has 0 saturated carbocycles. The maximum absolute atomic E-state index is 14.0. The number of carboxylic acids is 1. The lowest BCUT2D eigenvalue weighted by Crippen LogP contribution is -2.49. The van der Waals surface area contributed by atoms with Gasteiger partial charge >= 0.3 is 5.97 Å². The van der Waals surface area contributed by atoms with Gasteiger partial charge in [0.2, 0.25) is 23.6 Å². The van der Waals surface area contributed by atoms with Gasteiger partial charge in [-0.3, -0.25) is 9.59 Å². The number of rotatable bonds is 4. The Morgan fingerprint density at radius 1 is 1.04 bits per heavy atom. The Morgan fingerprint density at radius 3 is 2.73 bits per heavy atom. The highest BCUT2D eigenvalue weighted by molar-refractivity contribution is 5.98. The summed E-state index contributed by atoms with van der Waals surface area (Å²) >= 11 is 0. The van der Waals surface area contributed by atoms with E-state index < -0.39 is 41.5 Å². The van der Waals surface area contributed by atoms with Crippen LogP contribution in [0.4, 0.5) is 5.69 Å². The number of hydrogen-bond acceptors (Lipinski definition) is 9. The van der Waals surface area contributed by atoms with Gasteiger partial charge in [-0.2, -0.15) is 0 Å². The Morgan fingerprint density at radius 2 is 1.88 bits per heavy atom. The van der Waals surface area contributed by atoms with Crippen molar-refractivity contribution in [2.45, 2.75) is 50.4 Å². The van der Waals surface area contributed by atoms with Crippen molar-refractivity contribution in [1.82, 2.24) is 20.6 Å². The molecule has 12 nitrogen and oxygen atoms in total. The lowest BCUT2D eigenvalue weighted by Gasteiger charge is -2.28. The largest absolute Gasteiger partial charge is 0.478 e. The number of anilines is 1. The SMILES string of the molecule is CC(C)[C@@H]1NC(=O)C(NC(=O)/C=C/C(=O)O)Cc2ccc3c(c2)C24c5cccc(c5N[C@H]2O3)-c2cccc3c2C(=CC3)c2cnc(o2)-c2nc1oc24. The van der Waals surface area contributed by atoms with Crippen LogP contribution in [0.15, 0.2) is 87.9 Å². The average molecular weight is 694 g/mol. The Hall–Kier alpha value is -6.43. The van der Waals surface area contributed by atoms with Crippen molar-refractivity contribution in [1.29, 1.82) is 0 Å². The molecule has 5 aliphatic rings. The van der Waals surface area contributed by atoms with Gasteiger partial charge < -0.3 is 34.6 Å². The number of oxazole rings is 2. The van der Waals surface area contributed by atoms with Gasteiger partial charge in [-0.25, -0.2) is 14.8 Å². The van der Waals surface area contributed by atoms with Gasteiger partial charge in [-0.05, 0) is 40.7 Å². The molecule has 0 radical (unpaired) electrons. The van der Waals surface area contributed by atoms with Crippen LogP contribution >= 0.6 is 0 Å². The van der Waals surface area contributed by atoms with Crippen LogP contribution in [-0.2, 0) is 32.6 Å². The smallest absolute Gasteiger partial charge is 0.328 e. The van der Waals surface area contributed by atoms with Crippen LogP contribution in [0.25, 0.3) is 28.3 Å². The third-order valence-electron chi connectivity index (χ3n) is 10.8. The van der Waals surface area contributed by atoms with Crippen molar-refractivity contribution in [3.63, 3.8) is 0 Å². The Bertz CT molecular complexity index is 2470. The molecule has 10 rings (SSSR count). The van der Waals surface area contributed by atoms with Crippen molar-refractivity contribution >= 4 is 29.0 Å². The number of aromatic nitrogens is 2. The van der Waals surface area contributed by atoms with E-state index >= 15 is 0 Å². The van der Waals surface area contributed by atoms with Crippen molar-refractivity contribution < 1.29 is 33.1 Å². The maximum atomic E-state index is 14.0. The van der Waals surface area contributed by atoms with E-state index in [9.17, 15) is 14.4 Å². The van der Waals surface area contributed by atoms with Crippen LogP contribution in [0.5, 0.6) is 5.75 Å². The van der Waals surface area contributed by atoms with E-state index in [2.05, 4.69) is 58.4 Å². The lowest BCUT2D eigenvalue weighted by molar-refractivity contribution is -0.131. The molecule has 0 saturated heterocycles. The number of carbonyl (C=O) groups is 3. The summed E-state index contributed by atoms with van der Waals surface area (Å²) in [5, 5.41) is 18.6. The quantitative estimate of drug-likeness (QED) is 0.182. The van der Waals surface area contributed by atoms with E-state index in [-0.39, 0.29) is 24.1 Å². The van der Waals surface area contributed by atoms with E-state index in [0.717, 1.165) is 63.2 Å². The number of ether oxygens (including phenoxy) is 1. The number of para-hydroxylation sites is 1. The number of hydrogen-bond donors (Lipinski definition) is 4. The zero-order valence-electron chi connectivity index (χ0n) is 28.0. The predicted octanol–water partition coefficient (Wildman–Crippen LogP) is 5.27. The van der Waals surface area contributed by atoms with Gasteiger partial charge in [0.05, 0.1) is 6.20 Å². The normalized spacial score (nSPS) is 22.7. The first-order valence-electron chi connectivity index (χ1n) is 17.2. The third-order valence-corrected chi connectivity index (χ3v) is 10.8. The van der Waals surface area contributed by atoms with Crippen LogP contribution < -0.4 is 20.7 Å². The van der Waals surface area contributed by atoms with Crippen LogP contribution in [0.3, 0.4) is 0 Å². The highest BCUT2D eigenvalue weighted by Gasteiger charge is 2.61. The van der Waals surface area contributed by atoms with Crippen molar-refractivity contribution in [2.24, 2.45) is 5.92 Å². The standard InChI is InChI=1S/C40H31N5O7/c1-18(2)32-38-44-34-35(52-38)40-24-8-4-7-22(21-6-3-5-20-10-11-23(31(20)21)28-17-41-37(34)50-28)33(24)45-39(40)51-27-12-9-19(15-25(27)40)16-26(36(49)43-32)42-29(46)13-14-30(47)48/h3-9,11-15,17-18,26,32,39,45H,10,16H2,1-2H3,(H,42,46)(H,43,49)(H,47,48)/b14-13+/t26?,32-,39-,40?/m0/s1. The topological polar surface area (TPSA) is 169 Å². The number of nitrogens with zero attached hydrogens (tertiary/aromatic N) is 2. The van der Waals surface area contributed by atoms with E-state index in [1.54, 1.807) is 6.20 Å². The lowest BCUT2D eigenvalue weighted by atomic mass is 9.72. The molecule has 10 bridgehead atoms. The van der Waals surface area contributed by atoms with E-state index in [1.165, 1.54) is 5.56 Å². The molecule has 1 spiro atoms. The fourth-order valence-electron chi connectivity index (χ4n) is 8.47. The molecule has 2 amide bonds. The summed E-state index contributed by atoms with van der Waals surface area (Å²) in [4.78, 5) is 47.9. The summed E-state index contributed by atoms with van der Waals surface area (Å²) < 4.78 is 20.3. The molecule has 258 valence electrons. The zero-order valence-corrected chi connectivity index (χ0v) is 28.0. The molecular weight excluding hydrogens is 662 g/mol. The maximum Gasteiger partial charge on any atom is 0.328 e. The predicted molar refractivity (Wildman–Crippen MR) is 187 cm³/mol. The molecule has 52 heavy (non-hydrogen) atoms. The van der Waals surface area contributed by atoms with Crippen LogP contribution in [0.1, 0.15) is 65.1 Å². The molecule has 6 heterocycles. The monoisotopic (exact) mass is 693 g/mol. The van der Waals surface area contributed by atoms with Gasteiger partial charge in [-0.1, -0.05) is 68.5 Å². The molecule has 2 aromatic heterocycles. The molecule has 4 atom stereocenters. The van der Waals surface area contributed by atoms with E-state index in [0.29, 0.717) is 23.0 Å². The summed E-state index contributed by atoms with van der Waals surface area (Å²) in [5.41, 5.74) is 7.99. The second-order valence-corrected chi connectivity index (χ2v) is 14.1. The minimum absolute atomic E-state index is 0.116. The molecule has 3 aromatic carbocycles.